The van der Waals surface area contributed by atoms with Crippen LogP contribution in [0.25, 0.3) is 10.9 Å². The summed E-state index contributed by atoms with van der Waals surface area (Å²) in [5.74, 6) is -0.401. The highest BCUT2D eigenvalue weighted by atomic mass is 35.5. The predicted molar refractivity (Wildman–Crippen MR) is 142 cm³/mol. The van der Waals surface area contributed by atoms with Gasteiger partial charge in [0.25, 0.3) is 5.91 Å². The van der Waals surface area contributed by atoms with Gasteiger partial charge < -0.3 is 15.4 Å². The van der Waals surface area contributed by atoms with E-state index in [1.165, 1.54) is 12.1 Å². The van der Waals surface area contributed by atoms with Crippen molar-refractivity contribution in [3.8, 4) is 5.75 Å². The second-order valence-corrected chi connectivity index (χ2v) is 9.27. The Morgan fingerprint density at radius 2 is 2.11 bits per heavy atom. The molecule has 0 saturated heterocycles. The summed E-state index contributed by atoms with van der Waals surface area (Å²) in [5, 5.41) is 13.8. The molecule has 1 unspecified atom stereocenters. The van der Waals surface area contributed by atoms with E-state index < -0.39 is 23.3 Å². The molecule has 0 radical (unpaired) electrons. The van der Waals surface area contributed by atoms with Gasteiger partial charge in [0.15, 0.2) is 6.17 Å². The van der Waals surface area contributed by atoms with Gasteiger partial charge in [-0.15, -0.1) is 0 Å². The van der Waals surface area contributed by atoms with E-state index in [1.54, 1.807) is 27.8 Å². The molecule has 7 nitrogen and oxygen atoms in total. The number of nitrogens with zero attached hydrogens (tertiary/aromatic N) is 2. The Bertz CT molecular complexity index is 1350. The molecule has 3 rings (SSSR count). The zero-order valence-corrected chi connectivity index (χ0v) is 21.4. The number of amidine groups is 1. The Kier molecular flexibility index (Phi) is 8.30. The van der Waals surface area contributed by atoms with Crippen molar-refractivity contribution in [1.82, 2.24) is 10.3 Å². The number of benzene rings is 2. The average molecular weight is 514 g/mol. The number of aromatic nitrogens is 1. The first-order chi connectivity index (χ1) is 16.9. The molecule has 0 fully saturated rings. The van der Waals surface area contributed by atoms with Crippen molar-refractivity contribution < 1.29 is 18.3 Å². The second kappa shape index (κ2) is 11.0. The number of pyridine rings is 1. The lowest BCUT2D eigenvalue weighted by Gasteiger charge is -2.30. The van der Waals surface area contributed by atoms with Crippen molar-refractivity contribution in [1.29, 1.82) is 5.41 Å². The smallest absolute Gasteiger partial charge is 0.254 e. The van der Waals surface area contributed by atoms with Crippen LogP contribution in [0.15, 0.2) is 41.4 Å². The molecule has 3 N–H and O–H groups in total. The minimum atomic E-state index is -1.73. The van der Waals surface area contributed by atoms with E-state index in [-0.39, 0.29) is 11.6 Å². The van der Waals surface area contributed by atoms with Crippen molar-refractivity contribution in [2.75, 3.05) is 5.32 Å². The number of fused-ring (bicyclic) bond motifs is 1. The largest absolute Gasteiger partial charge is 0.487 e. The summed E-state index contributed by atoms with van der Waals surface area (Å²) in [6.45, 7) is 6.31. The fourth-order valence-electron chi connectivity index (χ4n) is 3.83. The standard InChI is InChI=1S/C25H27BClF2N5O2/c1-13-8-21(33-15(3)31-12-30)17-6-5-7-22(23(17)32-13)36-11-18-19(9-16(29)10-20(18)27)25(4,26)34-24(35)14(2)28/h5-10,12,14H,11,26H2,1-4H3,(H,34,35)(H2,30,31,32,33)/t14?,25-/m0/s1. The van der Waals surface area contributed by atoms with Gasteiger partial charge in [0.2, 0.25) is 0 Å². The Hall–Kier alpha value is -3.53. The van der Waals surface area contributed by atoms with Gasteiger partial charge in [-0.1, -0.05) is 23.7 Å². The molecule has 188 valence electrons. The van der Waals surface area contributed by atoms with E-state index in [4.69, 9.17) is 21.7 Å². The molecule has 36 heavy (non-hydrogen) atoms. The SMILES string of the molecule is B[C@@](C)(NC(=O)C(C)F)c1cc(F)cc(Cl)c1COc1cccc2c(N/C(C)=N\C=N)cc(C)nc12. The van der Waals surface area contributed by atoms with Crippen molar-refractivity contribution in [2.24, 2.45) is 4.99 Å². The molecule has 1 aromatic heterocycles. The Balaban J connectivity index is 2.01. The average Bonchev–Trinajstić information content (AvgIpc) is 2.78. The van der Waals surface area contributed by atoms with Crippen molar-refractivity contribution in [3.63, 3.8) is 0 Å². The Labute approximate surface area is 214 Å². The minimum Gasteiger partial charge on any atom is -0.487 e. The van der Waals surface area contributed by atoms with Crippen LogP contribution in [0.3, 0.4) is 0 Å². The number of nitrogens with one attached hydrogen (secondary N) is 3. The zero-order valence-electron chi connectivity index (χ0n) is 20.7. The lowest BCUT2D eigenvalue weighted by atomic mass is 9.72. The van der Waals surface area contributed by atoms with Gasteiger partial charge in [0.1, 0.15) is 43.7 Å². The van der Waals surface area contributed by atoms with Gasteiger partial charge in [-0.3, -0.25) is 10.2 Å². The third-order valence-electron chi connectivity index (χ3n) is 5.51. The van der Waals surface area contributed by atoms with Crippen LogP contribution >= 0.6 is 11.6 Å². The number of carbonyl (C=O) groups excluding carboxylic acids is 1. The topological polar surface area (TPSA) is 99.5 Å². The summed E-state index contributed by atoms with van der Waals surface area (Å²) in [6, 6.07) is 9.72. The molecule has 0 saturated carbocycles. The Morgan fingerprint density at radius 3 is 2.78 bits per heavy atom. The summed E-state index contributed by atoms with van der Waals surface area (Å²) < 4.78 is 34.0. The Morgan fingerprint density at radius 1 is 1.39 bits per heavy atom. The molecule has 11 heteroatoms. The van der Waals surface area contributed by atoms with E-state index >= 15 is 0 Å². The number of anilines is 1. The van der Waals surface area contributed by atoms with Gasteiger partial charge in [0, 0.05) is 22.1 Å². The second-order valence-electron chi connectivity index (χ2n) is 8.86. The molecular formula is C25H27BClF2N5O2. The molecular weight excluding hydrogens is 487 g/mol. The van der Waals surface area contributed by atoms with Gasteiger partial charge in [-0.2, -0.15) is 0 Å². The molecule has 1 heterocycles. The van der Waals surface area contributed by atoms with Crippen LogP contribution in [0, 0.1) is 18.2 Å². The number of carbonyl (C=O) groups is 1. The van der Waals surface area contributed by atoms with Crippen LogP contribution in [0.1, 0.15) is 37.6 Å². The fraction of sp³-hybridized carbons (Fsp3) is 0.280. The van der Waals surface area contributed by atoms with Crippen LogP contribution in [0.2, 0.25) is 5.02 Å². The molecule has 2 aromatic carbocycles. The van der Waals surface area contributed by atoms with E-state index in [2.05, 4.69) is 20.6 Å². The number of hydrogen-bond acceptors (Lipinski definition) is 4. The number of ether oxygens (including phenoxy) is 1. The van der Waals surface area contributed by atoms with Gasteiger partial charge in [-0.25, -0.2) is 18.8 Å². The quantitative estimate of drug-likeness (QED) is 0.232. The number of halogens is 3. The lowest BCUT2D eigenvalue weighted by molar-refractivity contribution is -0.126. The summed E-state index contributed by atoms with van der Waals surface area (Å²) in [6.07, 6.45) is -0.775. The molecule has 0 spiro atoms. The van der Waals surface area contributed by atoms with Gasteiger partial charge in [0.05, 0.1) is 10.7 Å². The van der Waals surface area contributed by atoms with Crippen molar-refractivity contribution in [2.45, 2.75) is 45.9 Å². The van der Waals surface area contributed by atoms with Gasteiger partial charge >= 0.3 is 0 Å². The van der Waals surface area contributed by atoms with E-state index in [1.807, 2.05) is 25.1 Å². The minimum absolute atomic E-state index is 0.0509. The van der Waals surface area contributed by atoms with Crippen LogP contribution < -0.4 is 15.4 Å². The molecule has 0 aliphatic rings. The van der Waals surface area contributed by atoms with Crippen molar-refractivity contribution in [3.05, 3.63) is 64.1 Å². The van der Waals surface area contributed by atoms with Crippen molar-refractivity contribution >= 4 is 54.1 Å². The number of alkyl halides is 1. The summed E-state index contributed by atoms with van der Waals surface area (Å²) in [4.78, 5) is 20.6. The van der Waals surface area contributed by atoms with E-state index in [9.17, 15) is 13.6 Å². The summed E-state index contributed by atoms with van der Waals surface area (Å²) in [7, 11) is 1.64. The van der Waals surface area contributed by atoms with Crippen LogP contribution in [0.5, 0.6) is 5.75 Å². The van der Waals surface area contributed by atoms with Crippen LogP contribution in [-0.2, 0) is 16.8 Å². The van der Waals surface area contributed by atoms with E-state index in [0.717, 1.165) is 30.0 Å². The number of amides is 1. The highest BCUT2D eigenvalue weighted by molar-refractivity contribution is 6.31. The molecule has 0 bridgehead atoms. The third-order valence-corrected chi connectivity index (χ3v) is 5.84. The highest BCUT2D eigenvalue weighted by Gasteiger charge is 2.29. The maximum atomic E-state index is 14.3. The first-order valence-electron chi connectivity index (χ1n) is 11.2. The predicted octanol–water partition coefficient (Wildman–Crippen LogP) is 4.63. The first kappa shape index (κ1) is 27.1. The maximum absolute atomic E-state index is 14.3. The number of aliphatic imine (C=N–C) groups is 1. The van der Waals surface area contributed by atoms with Crippen LogP contribution in [0.4, 0.5) is 14.5 Å². The summed E-state index contributed by atoms with van der Waals surface area (Å²) >= 11 is 6.40. The monoisotopic (exact) mass is 513 g/mol. The lowest BCUT2D eigenvalue weighted by Crippen LogP contribution is -2.47. The molecule has 1 amide bonds. The highest BCUT2D eigenvalue weighted by Crippen LogP contribution is 2.33. The fourth-order valence-corrected chi connectivity index (χ4v) is 4.09. The normalized spacial score (nSPS) is 14.1. The molecule has 0 aliphatic carbocycles. The molecule has 3 aromatic rings. The zero-order chi connectivity index (χ0) is 26.6. The third kappa shape index (κ3) is 6.18. The van der Waals surface area contributed by atoms with Crippen LogP contribution in [-0.4, -0.2) is 37.1 Å². The van der Waals surface area contributed by atoms with Gasteiger partial charge in [-0.05, 0) is 57.5 Å². The number of rotatable bonds is 8. The number of aryl methyl sites for hydroxylation is 1. The number of para-hydroxylation sites is 1. The molecule has 2 atom stereocenters. The van der Waals surface area contributed by atoms with E-state index in [0.29, 0.717) is 28.2 Å². The molecule has 0 aliphatic heterocycles. The first-order valence-corrected chi connectivity index (χ1v) is 11.6. The maximum Gasteiger partial charge on any atom is 0.254 e. The number of hydrogen-bond donors (Lipinski definition) is 3. The summed E-state index contributed by atoms with van der Waals surface area (Å²) in [5.41, 5.74) is 1.75.